The number of ether oxygens (including phenoxy) is 4. The lowest BCUT2D eigenvalue weighted by molar-refractivity contribution is 0.0237. The lowest BCUT2D eigenvalue weighted by Crippen LogP contribution is -2.30. The summed E-state index contributed by atoms with van der Waals surface area (Å²) >= 11 is 6.32. The SMILES string of the molecule is COc1ccc(Cl)cc1C1(c2cc(OC)c(N)c(OC)c2O)OC(=O)c2ccccc21. The maximum atomic E-state index is 12.9. The first-order valence-electron chi connectivity index (χ1n) is 9.29. The second-order valence-electron chi connectivity index (χ2n) is 6.88. The summed E-state index contributed by atoms with van der Waals surface area (Å²) in [5, 5.41) is 11.6. The van der Waals surface area contributed by atoms with Crippen molar-refractivity contribution in [1.29, 1.82) is 0 Å². The number of carbonyl (C=O) groups is 1. The van der Waals surface area contributed by atoms with Crippen molar-refractivity contribution in [3.63, 3.8) is 0 Å². The fourth-order valence-corrected chi connectivity index (χ4v) is 4.17. The van der Waals surface area contributed by atoms with Crippen LogP contribution in [0.25, 0.3) is 0 Å². The molecule has 0 spiro atoms. The molecular weight excluding hydrogens is 422 g/mol. The lowest BCUT2D eigenvalue weighted by atomic mass is 9.78. The van der Waals surface area contributed by atoms with Gasteiger partial charge in [0.2, 0.25) is 0 Å². The van der Waals surface area contributed by atoms with E-state index in [2.05, 4.69) is 0 Å². The summed E-state index contributed by atoms with van der Waals surface area (Å²) in [6.45, 7) is 0. The Bertz CT molecular complexity index is 1190. The molecule has 0 bridgehead atoms. The third kappa shape index (κ3) is 2.92. The van der Waals surface area contributed by atoms with E-state index in [9.17, 15) is 9.90 Å². The van der Waals surface area contributed by atoms with Crippen molar-refractivity contribution < 1.29 is 28.8 Å². The molecule has 31 heavy (non-hydrogen) atoms. The molecule has 0 radical (unpaired) electrons. The van der Waals surface area contributed by atoms with Gasteiger partial charge in [-0.05, 0) is 30.3 Å². The molecule has 0 fully saturated rings. The standard InChI is InChI=1S/C23H20ClNO6/c1-28-17-9-8-12(24)10-15(17)23(14-7-5-4-6-13(14)22(27)31-23)16-11-18(29-2)19(25)21(30-3)20(16)26/h4-11,26H,25H2,1-3H3. The molecule has 3 N–H and O–H groups in total. The molecule has 0 aliphatic carbocycles. The normalized spacial score (nSPS) is 17.1. The highest BCUT2D eigenvalue weighted by molar-refractivity contribution is 6.30. The van der Waals surface area contributed by atoms with Crippen molar-refractivity contribution in [2.75, 3.05) is 27.1 Å². The number of methoxy groups -OCH3 is 3. The number of carbonyl (C=O) groups excluding carboxylic acids is 1. The fourth-order valence-electron chi connectivity index (χ4n) is 4.00. The van der Waals surface area contributed by atoms with Gasteiger partial charge in [0, 0.05) is 16.1 Å². The first-order valence-corrected chi connectivity index (χ1v) is 9.67. The van der Waals surface area contributed by atoms with Crippen molar-refractivity contribution >= 4 is 23.3 Å². The van der Waals surface area contributed by atoms with Crippen LogP contribution in [-0.4, -0.2) is 32.4 Å². The Kier molecular flexibility index (Phi) is 5.07. The van der Waals surface area contributed by atoms with E-state index in [-0.39, 0.29) is 28.5 Å². The second-order valence-corrected chi connectivity index (χ2v) is 7.32. The minimum Gasteiger partial charge on any atom is -0.504 e. The highest BCUT2D eigenvalue weighted by Crippen LogP contribution is 2.56. The summed E-state index contributed by atoms with van der Waals surface area (Å²) in [5.41, 5.74) is 6.07. The quantitative estimate of drug-likeness (QED) is 0.453. The summed E-state index contributed by atoms with van der Waals surface area (Å²) < 4.78 is 22.3. The molecule has 3 aromatic carbocycles. The fraction of sp³-hybridized carbons (Fsp3) is 0.174. The third-order valence-corrected chi connectivity index (χ3v) is 5.61. The molecule has 0 saturated carbocycles. The zero-order chi connectivity index (χ0) is 22.3. The molecule has 1 atom stereocenters. The van der Waals surface area contributed by atoms with Crippen LogP contribution in [0.5, 0.6) is 23.0 Å². The first kappa shape index (κ1) is 20.7. The Morgan fingerprint density at radius 3 is 2.32 bits per heavy atom. The molecule has 0 amide bonds. The molecule has 1 aliphatic rings. The number of benzene rings is 3. The average Bonchev–Trinajstić information content (AvgIpc) is 3.08. The molecular formula is C23H20ClNO6. The lowest BCUT2D eigenvalue weighted by Gasteiger charge is -2.33. The van der Waals surface area contributed by atoms with Gasteiger partial charge in [0.05, 0.1) is 32.5 Å². The van der Waals surface area contributed by atoms with Gasteiger partial charge in [-0.15, -0.1) is 0 Å². The second kappa shape index (κ2) is 7.59. The van der Waals surface area contributed by atoms with Gasteiger partial charge in [-0.25, -0.2) is 4.79 Å². The van der Waals surface area contributed by atoms with E-state index in [1.165, 1.54) is 27.4 Å². The topological polar surface area (TPSA) is 100 Å². The number of anilines is 1. The zero-order valence-electron chi connectivity index (χ0n) is 17.1. The van der Waals surface area contributed by atoms with Crippen LogP contribution < -0.4 is 19.9 Å². The summed E-state index contributed by atoms with van der Waals surface area (Å²) in [4.78, 5) is 12.9. The number of nitrogen functional groups attached to an aromatic ring is 1. The number of esters is 1. The Hall–Kier alpha value is -3.58. The van der Waals surface area contributed by atoms with Crippen LogP contribution in [0.3, 0.4) is 0 Å². The van der Waals surface area contributed by atoms with Gasteiger partial charge in [-0.1, -0.05) is 29.8 Å². The minimum absolute atomic E-state index is 0.00449. The average molecular weight is 442 g/mol. The van der Waals surface area contributed by atoms with E-state index in [0.717, 1.165) is 0 Å². The summed E-state index contributed by atoms with van der Waals surface area (Å²) in [6.07, 6.45) is 0. The number of hydrogen-bond donors (Lipinski definition) is 2. The molecule has 1 aliphatic heterocycles. The van der Waals surface area contributed by atoms with Crippen molar-refractivity contribution in [2.24, 2.45) is 0 Å². The van der Waals surface area contributed by atoms with Gasteiger partial charge >= 0.3 is 5.97 Å². The predicted octanol–water partition coefficient (Wildman–Crippen LogP) is 4.12. The number of fused-ring (bicyclic) bond motifs is 1. The predicted molar refractivity (Wildman–Crippen MR) is 115 cm³/mol. The monoisotopic (exact) mass is 441 g/mol. The highest BCUT2D eigenvalue weighted by Gasteiger charge is 2.52. The number of halogens is 1. The van der Waals surface area contributed by atoms with E-state index in [1.54, 1.807) is 42.5 Å². The Balaban J connectivity index is 2.19. The summed E-state index contributed by atoms with van der Waals surface area (Å²) in [5.74, 6) is -0.220. The summed E-state index contributed by atoms with van der Waals surface area (Å²) in [7, 11) is 4.30. The zero-order valence-corrected chi connectivity index (χ0v) is 17.8. The van der Waals surface area contributed by atoms with E-state index < -0.39 is 11.6 Å². The minimum atomic E-state index is -1.59. The number of cyclic esters (lactones) is 1. The van der Waals surface area contributed by atoms with Gasteiger partial charge in [0.25, 0.3) is 0 Å². The van der Waals surface area contributed by atoms with Gasteiger partial charge in [-0.3, -0.25) is 0 Å². The number of phenolic OH excluding ortho intramolecular Hbond substituents is 1. The van der Waals surface area contributed by atoms with E-state index in [0.29, 0.717) is 27.5 Å². The van der Waals surface area contributed by atoms with Crippen LogP contribution in [0, 0.1) is 0 Å². The Labute approximate surface area is 183 Å². The number of aromatic hydroxyl groups is 1. The van der Waals surface area contributed by atoms with Crippen LogP contribution >= 0.6 is 11.6 Å². The van der Waals surface area contributed by atoms with Gasteiger partial charge < -0.3 is 29.8 Å². The Morgan fingerprint density at radius 2 is 1.65 bits per heavy atom. The summed E-state index contributed by atoms with van der Waals surface area (Å²) in [6, 6.07) is 13.4. The van der Waals surface area contributed by atoms with Gasteiger partial charge in [0.15, 0.2) is 17.1 Å². The third-order valence-electron chi connectivity index (χ3n) is 5.37. The van der Waals surface area contributed by atoms with Crippen LogP contribution in [0.4, 0.5) is 5.69 Å². The number of nitrogens with two attached hydrogens (primary N) is 1. The van der Waals surface area contributed by atoms with Crippen molar-refractivity contribution in [3.05, 3.63) is 75.8 Å². The molecule has 0 saturated heterocycles. The molecule has 3 aromatic rings. The molecule has 4 rings (SSSR count). The van der Waals surface area contributed by atoms with Crippen LogP contribution in [-0.2, 0) is 10.3 Å². The maximum absolute atomic E-state index is 12.9. The molecule has 160 valence electrons. The molecule has 8 heteroatoms. The highest BCUT2D eigenvalue weighted by atomic mass is 35.5. The molecule has 1 heterocycles. The van der Waals surface area contributed by atoms with Crippen LogP contribution in [0.1, 0.15) is 27.0 Å². The molecule has 7 nitrogen and oxygen atoms in total. The first-order chi connectivity index (χ1) is 14.9. The number of hydrogen-bond acceptors (Lipinski definition) is 7. The maximum Gasteiger partial charge on any atom is 0.340 e. The van der Waals surface area contributed by atoms with Crippen molar-refractivity contribution in [2.45, 2.75) is 5.60 Å². The molecule has 0 aromatic heterocycles. The number of phenols is 1. The largest absolute Gasteiger partial charge is 0.504 e. The van der Waals surface area contributed by atoms with E-state index >= 15 is 0 Å². The van der Waals surface area contributed by atoms with Crippen molar-refractivity contribution in [3.8, 4) is 23.0 Å². The van der Waals surface area contributed by atoms with Gasteiger partial charge in [-0.2, -0.15) is 0 Å². The molecule has 1 unspecified atom stereocenters. The number of rotatable bonds is 5. The van der Waals surface area contributed by atoms with Gasteiger partial charge in [0.1, 0.15) is 17.2 Å². The van der Waals surface area contributed by atoms with E-state index in [4.69, 9.17) is 36.3 Å². The van der Waals surface area contributed by atoms with Crippen LogP contribution in [0.2, 0.25) is 5.02 Å². The van der Waals surface area contributed by atoms with Crippen LogP contribution in [0.15, 0.2) is 48.5 Å². The van der Waals surface area contributed by atoms with Crippen molar-refractivity contribution in [1.82, 2.24) is 0 Å². The Morgan fingerprint density at radius 1 is 0.935 bits per heavy atom. The smallest absolute Gasteiger partial charge is 0.340 e. The van der Waals surface area contributed by atoms with E-state index in [1.807, 2.05) is 0 Å².